The van der Waals surface area contributed by atoms with Crippen molar-refractivity contribution in [3.05, 3.63) is 18.0 Å². The van der Waals surface area contributed by atoms with Gasteiger partial charge in [0.2, 0.25) is 0 Å². The molecule has 114 valence electrons. The lowest BCUT2D eigenvalue weighted by Gasteiger charge is -2.17. The van der Waals surface area contributed by atoms with Gasteiger partial charge in [0, 0.05) is 18.6 Å². The van der Waals surface area contributed by atoms with E-state index >= 15 is 0 Å². The number of alkyl halides is 1. The van der Waals surface area contributed by atoms with E-state index in [0.29, 0.717) is 12.0 Å². The van der Waals surface area contributed by atoms with Crippen LogP contribution in [0.5, 0.6) is 0 Å². The summed E-state index contributed by atoms with van der Waals surface area (Å²) >= 11 is 6.03. The minimum absolute atomic E-state index is 0.541. The van der Waals surface area contributed by atoms with Gasteiger partial charge in [-0.1, -0.05) is 20.3 Å². The summed E-state index contributed by atoms with van der Waals surface area (Å²) in [5.41, 5.74) is 1.15. The Balaban J connectivity index is 1.77. The second-order valence-corrected chi connectivity index (χ2v) is 6.30. The molecular formula is C16H28ClN3. The maximum Gasteiger partial charge on any atom is 0.0762 e. The van der Waals surface area contributed by atoms with Gasteiger partial charge in [0.15, 0.2) is 0 Å². The van der Waals surface area contributed by atoms with Gasteiger partial charge in [-0.15, -0.1) is 11.6 Å². The molecule has 2 rings (SSSR count). The summed E-state index contributed by atoms with van der Waals surface area (Å²) in [6.07, 6.45) is 8.37. The largest absolute Gasteiger partial charge is 0.311 e. The number of hydrogen-bond donors (Lipinski definition) is 1. The number of aromatic nitrogens is 2. The summed E-state index contributed by atoms with van der Waals surface area (Å²) in [5.74, 6) is 2.29. The zero-order valence-corrected chi connectivity index (χ0v) is 13.6. The monoisotopic (exact) mass is 297 g/mol. The highest BCUT2D eigenvalue weighted by atomic mass is 35.5. The van der Waals surface area contributed by atoms with Crippen molar-refractivity contribution in [3.8, 4) is 0 Å². The molecule has 0 saturated heterocycles. The van der Waals surface area contributed by atoms with Crippen LogP contribution >= 0.6 is 11.6 Å². The summed E-state index contributed by atoms with van der Waals surface area (Å²) in [5, 5.41) is 8.25. The van der Waals surface area contributed by atoms with Gasteiger partial charge in [-0.3, -0.25) is 4.68 Å². The van der Waals surface area contributed by atoms with E-state index in [2.05, 4.69) is 41.2 Å². The van der Waals surface area contributed by atoms with Crippen LogP contribution in [0.1, 0.15) is 57.7 Å². The first-order valence-corrected chi connectivity index (χ1v) is 8.62. The molecule has 4 heteroatoms. The Hall–Kier alpha value is -0.540. The summed E-state index contributed by atoms with van der Waals surface area (Å²) in [7, 11) is 0. The van der Waals surface area contributed by atoms with E-state index in [1.54, 1.807) is 0 Å². The maximum absolute atomic E-state index is 6.03. The average molecular weight is 298 g/mol. The lowest BCUT2D eigenvalue weighted by Crippen LogP contribution is -2.26. The number of rotatable bonds is 8. The predicted octanol–water partition coefficient (Wildman–Crippen LogP) is 3.99. The van der Waals surface area contributed by atoms with E-state index in [4.69, 9.17) is 11.6 Å². The molecule has 3 nitrogen and oxygen atoms in total. The molecule has 1 aromatic rings. The Morgan fingerprint density at radius 1 is 1.35 bits per heavy atom. The Kier molecular flexibility index (Phi) is 6.37. The van der Waals surface area contributed by atoms with Crippen molar-refractivity contribution in [2.75, 3.05) is 12.4 Å². The topological polar surface area (TPSA) is 29.9 Å². The third kappa shape index (κ3) is 3.98. The Labute approximate surface area is 128 Å². The molecule has 0 radical (unpaired) electrons. The van der Waals surface area contributed by atoms with Gasteiger partial charge < -0.3 is 5.32 Å². The minimum atomic E-state index is 0.541. The average Bonchev–Trinajstić information content (AvgIpc) is 3.10. The number of nitrogens with zero attached hydrogens (tertiary/aromatic N) is 2. The van der Waals surface area contributed by atoms with Crippen LogP contribution in [0, 0.1) is 11.8 Å². The number of hydrogen-bond acceptors (Lipinski definition) is 2. The Morgan fingerprint density at radius 2 is 2.10 bits per heavy atom. The molecule has 2 unspecified atom stereocenters. The van der Waals surface area contributed by atoms with Gasteiger partial charge in [-0.05, 0) is 50.1 Å². The van der Waals surface area contributed by atoms with E-state index in [1.807, 2.05) is 0 Å². The summed E-state index contributed by atoms with van der Waals surface area (Å²) < 4.78 is 2.12. The first kappa shape index (κ1) is 15.8. The molecule has 1 aliphatic carbocycles. The fourth-order valence-corrected chi connectivity index (χ4v) is 3.72. The van der Waals surface area contributed by atoms with Crippen molar-refractivity contribution < 1.29 is 0 Å². The molecule has 1 heterocycles. The molecule has 1 aromatic heterocycles. The van der Waals surface area contributed by atoms with Crippen LogP contribution in [0.3, 0.4) is 0 Å². The van der Waals surface area contributed by atoms with Crippen molar-refractivity contribution in [2.45, 2.75) is 58.5 Å². The van der Waals surface area contributed by atoms with E-state index in [-0.39, 0.29) is 0 Å². The smallest absolute Gasteiger partial charge is 0.0762 e. The molecule has 1 fully saturated rings. The van der Waals surface area contributed by atoms with Gasteiger partial charge in [-0.2, -0.15) is 5.10 Å². The minimum Gasteiger partial charge on any atom is -0.311 e. The van der Waals surface area contributed by atoms with Crippen molar-refractivity contribution in [2.24, 2.45) is 11.8 Å². The highest BCUT2D eigenvalue weighted by molar-refractivity contribution is 6.18. The normalized spacial score (nSPS) is 22.8. The first-order chi connectivity index (χ1) is 9.78. The first-order valence-electron chi connectivity index (χ1n) is 8.09. The lowest BCUT2D eigenvalue weighted by atomic mass is 9.98. The third-order valence-corrected chi connectivity index (χ3v) is 5.10. The van der Waals surface area contributed by atoms with Gasteiger partial charge in [0.1, 0.15) is 0 Å². The van der Waals surface area contributed by atoms with E-state index in [0.717, 1.165) is 43.4 Å². The fraction of sp³-hybridized carbons (Fsp3) is 0.812. The van der Waals surface area contributed by atoms with Crippen LogP contribution in [-0.2, 0) is 6.54 Å². The maximum atomic E-state index is 6.03. The van der Waals surface area contributed by atoms with Gasteiger partial charge in [0.05, 0.1) is 11.7 Å². The van der Waals surface area contributed by atoms with Crippen molar-refractivity contribution >= 4 is 11.6 Å². The Bertz CT molecular complexity index is 387. The summed E-state index contributed by atoms with van der Waals surface area (Å²) in [6.45, 7) is 6.40. The quantitative estimate of drug-likeness (QED) is 0.735. The summed E-state index contributed by atoms with van der Waals surface area (Å²) in [6, 6.07) is 2.68. The molecule has 20 heavy (non-hydrogen) atoms. The van der Waals surface area contributed by atoms with Crippen LogP contribution in [-0.4, -0.2) is 22.2 Å². The van der Waals surface area contributed by atoms with Gasteiger partial charge in [0.25, 0.3) is 0 Å². The van der Waals surface area contributed by atoms with E-state index in [9.17, 15) is 0 Å². The summed E-state index contributed by atoms with van der Waals surface area (Å²) in [4.78, 5) is 0. The van der Waals surface area contributed by atoms with Crippen molar-refractivity contribution in [1.82, 2.24) is 15.1 Å². The van der Waals surface area contributed by atoms with Crippen LogP contribution in [0.25, 0.3) is 0 Å². The van der Waals surface area contributed by atoms with Crippen LogP contribution in [0.4, 0.5) is 0 Å². The highest BCUT2D eigenvalue weighted by Crippen LogP contribution is 2.31. The highest BCUT2D eigenvalue weighted by Gasteiger charge is 2.25. The molecular weight excluding hydrogens is 270 g/mol. The van der Waals surface area contributed by atoms with Gasteiger partial charge in [-0.25, -0.2) is 0 Å². The molecule has 0 amide bonds. The molecule has 0 bridgehead atoms. The molecule has 0 aliphatic heterocycles. The van der Waals surface area contributed by atoms with Crippen LogP contribution in [0.2, 0.25) is 0 Å². The van der Waals surface area contributed by atoms with E-state index in [1.165, 1.54) is 19.3 Å². The SMILES string of the molecule is CCC(CC)n1ccc(CNCC2CCCC2CCl)n1. The molecule has 1 N–H and O–H groups in total. The molecule has 2 atom stereocenters. The van der Waals surface area contributed by atoms with E-state index < -0.39 is 0 Å². The number of nitrogens with one attached hydrogen (secondary N) is 1. The molecule has 0 aromatic carbocycles. The standard InChI is InChI=1S/C16H28ClN3/c1-3-16(4-2)20-9-8-15(19-20)12-18-11-14-7-5-6-13(14)10-17/h8-9,13-14,16,18H,3-7,10-12H2,1-2H3. The number of halogens is 1. The second-order valence-electron chi connectivity index (χ2n) is 5.99. The Morgan fingerprint density at radius 3 is 2.80 bits per heavy atom. The molecule has 1 saturated carbocycles. The fourth-order valence-electron chi connectivity index (χ4n) is 3.31. The van der Waals surface area contributed by atoms with Gasteiger partial charge >= 0.3 is 0 Å². The lowest BCUT2D eigenvalue weighted by molar-refractivity contribution is 0.391. The van der Waals surface area contributed by atoms with Crippen molar-refractivity contribution in [3.63, 3.8) is 0 Å². The molecule has 1 aliphatic rings. The second kappa shape index (κ2) is 8.04. The van der Waals surface area contributed by atoms with Crippen LogP contribution in [0.15, 0.2) is 12.3 Å². The van der Waals surface area contributed by atoms with Crippen LogP contribution < -0.4 is 5.32 Å². The predicted molar refractivity (Wildman–Crippen MR) is 85.1 cm³/mol. The zero-order valence-electron chi connectivity index (χ0n) is 12.8. The zero-order chi connectivity index (χ0) is 14.4. The molecule has 0 spiro atoms. The van der Waals surface area contributed by atoms with Crippen molar-refractivity contribution in [1.29, 1.82) is 0 Å². The third-order valence-electron chi connectivity index (χ3n) is 4.71.